The van der Waals surface area contributed by atoms with E-state index in [1.165, 1.54) is 12.8 Å². The van der Waals surface area contributed by atoms with Crippen LogP contribution in [0.5, 0.6) is 0 Å². The molecule has 1 saturated carbocycles. The number of aryl methyl sites for hydroxylation is 1. The summed E-state index contributed by atoms with van der Waals surface area (Å²) in [7, 11) is 0. The number of aromatic amines is 1. The predicted octanol–water partition coefficient (Wildman–Crippen LogP) is 3.03. The second-order valence-corrected chi connectivity index (χ2v) is 7.19. The molecule has 1 atom stereocenters. The first-order valence-electron chi connectivity index (χ1n) is 8.99. The Labute approximate surface area is 145 Å². The fraction of sp³-hybridized carbons (Fsp3) is 0.421. The smallest absolute Gasteiger partial charge is 0.274 e. The van der Waals surface area contributed by atoms with Gasteiger partial charge in [0.1, 0.15) is 11.5 Å². The molecule has 6 nitrogen and oxygen atoms in total. The summed E-state index contributed by atoms with van der Waals surface area (Å²) in [6.45, 7) is 3.52. The Morgan fingerprint density at radius 2 is 2.08 bits per heavy atom. The summed E-state index contributed by atoms with van der Waals surface area (Å²) in [5, 5.41) is 7.27. The predicted molar refractivity (Wildman–Crippen MR) is 94.6 cm³/mol. The molecular weight excluding hydrogens is 314 g/mol. The quantitative estimate of drug-likeness (QED) is 0.800. The maximum absolute atomic E-state index is 12.8. The Morgan fingerprint density at radius 3 is 2.92 bits per heavy atom. The monoisotopic (exact) mass is 335 g/mol. The van der Waals surface area contributed by atoms with Crippen LogP contribution in [0, 0.1) is 6.92 Å². The van der Waals surface area contributed by atoms with Crippen molar-refractivity contribution in [2.45, 2.75) is 38.1 Å². The number of amides is 1. The van der Waals surface area contributed by atoms with Crippen molar-refractivity contribution in [3.63, 3.8) is 0 Å². The Hall–Kier alpha value is -2.63. The first kappa shape index (κ1) is 14.7. The fourth-order valence-electron chi connectivity index (χ4n) is 3.97. The first-order valence-corrected chi connectivity index (χ1v) is 8.99. The number of hydrogen-bond donors (Lipinski definition) is 1. The number of fused-ring (bicyclic) bond motifs is 1. The highest BCUT2D eigenvalue weighted by atomic mass is 16.2. The number of carbonyl (C=O) groups excluding carboxylic acids is 1. The van der Waals surface area contributed by atoms with E-state index in [0.717, 1.165) is 35.5 Å². The number of benzene rings is 1. The molecule has 1 amide bonds. The van der Waals surface area contributed by atoms with Crippen LogP contribution >= 0.6 is 0 Å². The van der Waals surface area contributed by atoms with Gasteiger partial charge in [-0.15, -0.1) is 0 Å². The Kier molecular flexibility index (Phi) is 3.20. The van der Waals surface area contributed by atoms with Crippen molar-refractivity contribution in [2.24, 2.45) is 0 Å². The van der Waals surface area contributed by atoms with Crippen LogP contribution in [0.25, 0.3) is 11.0 Å². The molecule has 0 unspecified atom stereocenters. The van der Waals surface area contributed by atoms with Crippen LogP contribution < -0.4 is 0 Å². The van der Waals surface area contributed by atoms with Crippen LogP contribution in [0.2, 0.25) is 0 Å². The summed E-state index contributed by atoms with van der Waals surface area (Å²) in [5.41, 5.74) is 3.83. The molecule has 2 fully saturated rings. The molecule has 25 heavy (non-hydrogen) atoms. The minimum atomic E-state index is 0.0349. The SMILES string of the molecule is Cc1nc2ccccc2n1[C@@H]1CCN(C(=O)c2cc(C3CC3)[nH]n2)C1. The third kappa shape index (κ3) is 2.44. The zero-order valence-electron chi connectivity index (χ0n) is 14.3. The number of hydrogen-bond acceptors (Lipinski definition) is 3. The highest BCUT2D eigenvalue weighted by Crippen LogP contribution is 2.39. The molecule has 6 heteroatoms. The third-order valence-corrected chi connectivity index (χ3v) is 5.42. The molecule has 3 heterocycles. The molecule has 0 spiro atoms. The maximum Gasteiger partial charge on any atom is 0.274 e. The summed E-state index contributed by atoms with van der Waals surface area (Å²) in [6, 6.07) is 10.4. The van der Waals surface area contributed by atoms with Gasteiger partial charge in [0, 0.05) is 24.7 Å². The zero-order valence-corrected chi connectivity index (χ0v) is 14.3. The molecule has 1 aromatic carbocycles. The van der Waals surface area contributed by atoms with E-state index in [-0.39, 0.29) is 11.9 Å². The molecule has 0 bridgehead atoms. The molecule has 2 aliphatic rings. The van der Waals surface area contributed by atoms with Crippen LogP contribution in [0.3, 0.4) is 0 Å². The minimum absolute atomic E-state index is 0.0349. The summed E-state index contributed by atoms with van der Waals surface area (Å²) in [5.74, 6) is 1.63. The van der Waals surface area contributed by atoms with Crippen molar-refractivity contribution < 1.29 is 4.79 Å². The highest BCUT2D eigenvalue weighted by Gasteiger charge is 2.32. The first-order chi connectivity index (χ1) is 12.2. The second kappa shape index (κ2) is 5.44. The van der Waals surface area contributed by atoms with Gasteiger partial charge >= 0.3 is 0 Å². The molecule has 0 radical (unpaired) electrons. The highest BCUT2D eigenvalue weighted by molar-refractivity contribution is 5.92. The number of carbonyl (C=O) groups is 1. The topological polar surface area (TPSA) is 66.8 Å². The van der Waals surface area contributed by atoms with E-state index >= 15 is 0 Å². The second-order valence-electron chi connectivity index (χ2n) is 7.19. The summed E-state index contributed by atoms with van der Waals surface area (Å²) in [6.07, 6.45) is 3.36. The molecule has 128 valence electrons. The third-order valence-electron chi connectivity index (χ3n) is 5.42. The van der Waals surface area contributed by atoms with Crippen molar-refractivity contribution in [3.05, 3.63) is 47.5 Å². The summed E-state index contributed by atoms with van der Waals surface area (Å²) in [4.78, 5) is 19.4. The van der Waals surface area contributed by atoms with Gasteiger partial charge in [0.2, 0.25) is 0 Å². The number of aromatic nitrogens is 4. The van der Waals surface area contributed by atoms with E-state index in [2.05, 4.69) is 25.8 Å². The number of imidazole rings is 1. The van der Waals surface area contributed by atoms with Gasteiger partial charge < -0.3 is 9.47 Å². The molecule has 1 aliphatic carbocycles. The van der Waals surface area contributed by atoms with E-state index in [1.54, 1.807) is 0 Å². The minimum Gasteiger partial charge on any atom is -0.335 e. The molecule has 3 aromatic rings. The van der Waals surface area contributed by atoms with Crippen LogP contribution in [-0.2, 0) is 0 Å². The van der Waals surface area contributed by atoms with E-state index < -0.39 is 0 Å². The number of likely N-dealkylation sites (tertiary alicyclic amines) is 1. The lowest BCUT2D eigenvalue weighted by molar-refractivity contribution is 0.0782. The Morgan fingerprint density at radius 1 is 1.24 bits per heavy atom. The average molecular weight is 335 g/mol. The molecule has 2 aromatic heterocycles. The standard InChI is InChI=1S/C19H21N5O/c1-12-20-15-4-2-3-5-18(15)24(12)14-8-9-23(11-14)19(25)17-10-16(21-22-17)13-6-7-13/h2-5,10,13-14H,6-9,11H2,1H3,(H,21,22)/t14-/m1/s1. The van der Waals surface area contributed by atoms with Gasteiger partial charge in [-0.1, -0.05) is 12.1 Å². The molecule has 5 rings (SSSR count). The van der Waals surface area contributed by atoms with Crippen molar-refractivity contribution in [3.8, 4) is 0 Å². The van der Waals surface area contributed by atoms with Crippen LogP contribution in [0.15, 0.2) is 30.3 Å². The lowest BCUT2D eigenvalue weighted by Crippen LogP contribution is -2.29. The molecule has 1 saturated heterocycles. The Balaban J connectivity index is 1.38. The lowest BCUT2D eigenvalue weighted by Gasteiger charge is -2.17. The van der Waals surface area contributed by atoms with Gasteiger partial charge in [-0.25, -0.2) is 4.98 Å². The van der Waals surface area contributed by atoms with Gasteiger partial charge in [0.25, 0.3) is 5.91 Å². The van der Waals surface area contributed by atoms with Crippen molar-refractivity contribution in [1.29, 1.82) is 0 Å². The van der Waals surface area contributed by atoms with Crippen molar-refractivity contribution in [2.75, 3.05) is 13.1 Å². The Bertz CT molecular complexity index is 952. The van der Waals surface area contributed by atoms with Crippen molar-refractivity contribution in [1.82, 2.24) is 24.6 Å². The number of nitrogens with one attached hydrogen (secondary N) is 1. The van der Waals surface area contributed by atoms with E-state index in [1.807, 2.05) is 36.1 Å². The molecule has 1 aliphatic heterocycles. The number of para-hydroxylation sites is 2. The lowest BCUT2D eigenvalue weighted by atomic mass is 10.2. The van der Waals surface area contributed by atoms with Crippen LogP contribution in [-0.4, -0.2) is 43.6 Å². The van der Waals surface area contributed by atoms with E-state index in [4.69, 9.17) is 0 Å². The van der Waals surface area contributed by atoms with Gasteiger partial charge in [0.05, 0.1) is 17.1 Å². The van der Waals surface area contributed by atoms with Gasteiger partial charge in [-0.2, -0.15) is 5.10 Å². The number of H-pyrrole nitrogens is 1. The van der Waals surface area contributed by atoms with Gasteiger partial charge in [0.15, 0.2) is 0 Å². The maximum atomic E-state index is 12.8. The molecule has 1 N–H and O–H groups in total. The summed E-state index contributed by atoms with van der Waals surface area (Å²) >= 11 is 0. The van der Waals surface area contributed by atoms with E-state index in [0.29, 0.717) is 18.2 Å². The van der Waals surface area contributed by atoms with Gasteiger partial charge in [-0.05, 0) is 44.4 Å². The normalized spacial score (nSPS) is 20.5. The van der Waals surface area contributed by atoms with Crippen LogP contribution in [0.4, 0.5) is 0 Å². The average Bonchev–Trinajstić information content (AvgIpc) is 3.05. The van der Waals surface area contributed by atoms with Gasteiger partial charge in [-0.3, -0.25) is 9.89 Å². The number of rotatable bonds is 3. The molecular formula is C19H21N5O. The van der Waals surface area contributed by atoms with Crippen molar-refractivity contribution >= 4 is 16.9 Å². The summed E-state index contributed by atoms with van der Waals surface area (Å²) < 4.78 is 2.28. The fourth-order valence-corrected chi connectivity index (χ4v) is 3.97. The largest absolute Gasteiger partial charge is 0.335 e. The van der Waals surface area contributed by atoms with Crippen LogP contribution in [0.1, 0.15) is 53.2 Å². The zero-order chi connectivity index (χ0) is 17.0. The van der Waals surface area contributed by atoms with E-state index in [9.17, 15) is 4.79 Å². The number of nitrogens with zero attached hydrogens (tertiary/aromatic N) is 4.